The fraction of sp³-hybridized carbons (Fsp3) is 0.111. The number of fused-ring (bicyclic) bond motifs is 1. The van der Waals surface area contributed by atoms with Crippen molar-refractivity contribution in [2.24, 2.45) is 0 Å². The zero-order valence-electron chi connectivity index (χ0n) is 6.66. The van der Waals surface area contributed by atoms with E-state index in [9.17, 15) is 4.79 Å². The largest absolute Gasteiger partial charge is 0.307 e. The van der Waals surface area contributed by atoms with Gasteiger partial charge in [-0.15, -0.1) is 0 Å². The predicted octanol–water partition coefficient (Wildman–Crippen LogP) is 1.48. The molecule has 2 rings (SSSR count). The summed E-state index contributed by atoms with van der Waals surface area (Å²) >= 11 is 0. The van der Waals surface area contributed by atoms with E-state index in [4.69, 9.17) is 0 Å². The average Bonchev–Trinajstić information content (AvgIpc) is 2.05. The topological polar surface area (TPSA) is 45.8 Å². The van der Waals surface area contributed by atoms with E-state index >= 15 is 0 Å². The van der Waals surface area contributed by atoms with Gasteiger partial charge in [-0.2, -0.15) is 0 Å². The molecule has 0 amide bonds. The minimum Gasteiger partial charge on any atom is -0.307 e. The van der Waals surface area contributed by atoms with Gasteiger partial charge < -0.3 is 4.98 Å². The standard InChI is InChI=1S/C9H8N2O.H2/c1-6-4-7-2-3-8(12)11-9(7)10-5-6;/h2-5H,1H3,(H,10,11,12);1H. The van der Waals surface area contributed by atoms with Gasteiger partial charge in [-0.3, -0.25) is 4.79 Å². The van der Waals surface area contributed by atoms with Crippen molar-refractivity contribution in [3.05, 3.63) is 40.3 Å². The highest BCUT2D eigenvalue weighted by molar-refractivity contribution is 5.74. The molecule has 12 heavy (non-hydrogen) atoms. The van der Waals surface area contributed by atoms with Crippen molar-refractivity contribution in [1.82, 2.24) is 9.97 Å². The van der Waals surface area contributed by atoms with Gasteiger partial charge in [-0.1, -0.05) is 0 Å². The highest BCUT2D eigenvalue weighted by atomic mass is 16.1. The van der Waals surface area contributed by atoms with Gasteiger partial charge in [0.15, 0.2) is 0 Å². The van der Waals surface area contributed by atoms with Gasteiger partial charge in [0.25, 0.3) is 0 Å². The predicted molar refractivity (Wildman–Crippen MR) is 49.2 cm³/mol. The van der Waals surface area contributed by atoms with Gasteiger partial charge in [0.05, 0.1) is 0 Å². The van der Waals surface area contributed by atoms with Gasteiger partial charge in [0, 0.05) is 19.1 Å². The quantitative estimate of drug-likeness (QED) is 0.637. The average molecular weight is 162 g/mol. The molecule has 0 bridgehead atoms. The highest BCUT2D eigenvalue weighted by Gasteiger charge is 1.94. The van der Waals surface area contributed by atoms with Crippen molar-refractivity contribution in [3.63, 3.8) is 0 Å². The Bertz CT molecular complexity index is 478. The van der Waals surface area contributed by atoms with Crippen LogP contribution in [0.4, 0.5) is 0 Å². The van der Waals surface area contributed by atoms with Crippen LogP contribution in [0.1, 0.15) is 6.99 Å². The number of nitrogens with one attached hydrogen (secondary N) is 1. The first-order valence-corrected chi connectivity index (χ1v) is 3.71. The molecule has 0 aliphatic rings. The maximum atomic E-state index is 10.9. The molecule has 0 aliphatic heterocycles. The summed E-state index contributed by atoms with van der Waals surface area (Å²) in [5, 5.41) is 0.967. The number of aromatic nitrogens is 2. The van der Waals surface area contributed by atoms with Crippen molar-refractivity contribution in [2.75, 3.05) is 0 Å². The van der Waals surface area contributed by atoms with Gasteiger partial charge in [0.1, 0.15) is 5.65 Å². The Morgan fingerprint density at radius 3 is 3.17 bits per heavy atom. The van der Waals surface area contributed by atoms with Crippen LogP contribution >= 0.6 is 0 Å². The van der Waals surface area contributed by atoms with E-state index in [1.54, 1.807) is 12.3 Å². The SMILES string of the molecule is Cc1cnc2[nH]c(=O)ccc2c1.[HH]. The summed E-state index contributed by atoms with van der Waals surface area (Å²) in [6, 6.07) is 5.26. The zero-order valence-corrected chi connectivity index (χ0v) is 6.66. The molecule has 0 saturated carbocycles. The lowest BCUT2D eigenvalue weighted by Crippen LogP contribution is -2.03. The van der Waals surface area contributed by atoms with E-state index in [0.717, 1.165) is 10.9 Å². The Balaban J connectivity index is 0.000000845. The second-order valence-electron chi connectivity index (χ2n) is 2.77. The molecule has 0 spiro atoms. The molecule has 3 nitrogen and oxygen atoms in total. The van der Waals surface area contributed by atoms with Gasteiger partial charge in [-0.05, 0) is 24.6 Å². The van der Waals surface area contributed by atoms with E-state index in [-0.39, 0.29) is 6.99 Å². The molecule has 0 unspecified atom stereocenters. The van der Waals surface area contributed by atoms with Crippen LogP contribution in [0.5, 0.6) is 0 Å². The molecular weight excluding hydrogens is 152 g/mol. The summed E-state index contributed by atoms with van der Waals surface area (Å²) in [6.45, 7) is 1.97. The normalized spacial score (nSPS) is 10.4. The number of nitrogens with zero attached hydrogens (tertiary/aromatic N) is 1. The second-order valence-corrected chi connectivity index (χ2v) is 2.77. The number of pyridine rings is 2. The van der Waals surface area contributed by atoms with E-state index < -0.39 is 0 Å². The summed E-state index contributed by atoms with van der Waals surface area (Å²) in [6.07, 6.45) is 1.73. The molecule has 0 atom stereocenters. The molecule has 1 N–H and O–H groups in total. The lowest BCUT2D eigenvalue weighted by molar-refractivity contribution is 1.21. The molecule has 0 radical (unpaired) electrons. The Morgan fingerprint density at radius 1 is 1.50 bits per heavy atom. The number of aryl methyl sites for hydroxylation is 1. The number of hydrogen-bond acceptors (Lipinski definition) is 2. The molecule has 0 fully saturated rings. The van der Waals surface area contributed by atoms with E-state index in [1.807, 2.05) is 13.0 Å². The molecular formula is C9H10N2O. The minimum absolute atomic E-state index is 0. The van der Waals surface area contributed by atoms with Crippen molar-refractivity contribution in [2.45, 2.75) is 6.92 Å². The lowest BCUT2D eigenvalue weighted by Gasteiger charge is -1.96. The van der Waals surface area contributed by atoms with Gasteiger partial charge >= 0.3 is 0 Å². The summed E-state index contributed by atoms with van der Waals surface area (Å²) < 4.78 is 0. The molecule has 62 valence electrons. The first-order chi connectivity index (χ1) is 5.75. The van der Waals surface area contributed by atoms with Crippen LogP contribution in [0.25, 0.3) is 11.0 Å². The highest BCUT2D eigenvalue weighted by Crippen LogP contribution is 2.07. The number of rotatable bonds is 0. The monoisotopic (exact) mass is 162 g/mol. The van der Waals surface area contributed by atoms with E-state index in [0.29, 0.717) is 5.65 Å². The van der Waals surface area contributed by atoms with Gasteiger partial charge in [0.2, 0.25) is 5.56 Å². The smallest absolute Gasteiger partial charge is 0.249 e. The van der Waals surface area contributed by atoms with Crippen LogP contribution in [-0.4, -0.2) is 9.97 Å². The summed E-state index contributed by atoms with van der Waals surface area (Å²) in [4.78, 5) is 17.6. The van der Waals surface area contributed by atoms with Crippen molar-refractivity contribution in [1.29, 1.82) is 0 Å². The van der Waals surface area contributed by atoms with Crippen LogP contribution in [0.3, 0.4) is 0 Å². The lowest BCUT2D eigenvalue weighted by atomic mass is 10.2. The molecule has 0 saturated heterocycles. The Labute approximate surface area is 70.6 Å². The maximum absolute atomic E-state index is 10.9. The van der Waals surface area contributed by atoms with Crippen LogP contribution in [0.15, 0.2) is 29.2 Å². The molecule has 2 aromatic heterocycles. The van der Waals surface area contributed by atoms with Crippen LogP contribution < -0.4 is 5.56 Å². The number of hydrogen-bond donors (Lipinski definition) is 1. The number of aromatic amines is 1. The third kappa shape index (κ3) is 1.09. The molecule has 2 heterocycles. The molecule has 0 aliphatic carbocycles. The van der Waals surface area contributed by atoms with Crippen LogP contribution in [0.2, 0.25) is 0 Å². The molecule has 2 aromatic rings. The molecule has 0 aromatic carbocycles. The fourth-order valence-electron chi connectivity index (χ4n) is 1.15. The Hall–Kier alpha value is -1.64. The third-order valence-electron chi connectivity index (χ3n) is 1.71. The van der Waals surface area contributed by atoms with Crippen molar-refractivity contribution in [3.8, 4) is 0 Å². The second kappa shape index (κ2) is 2.44. The summed E-state index contributed by atoms with van der Waals surface area (Å²) in [5.74, 6) is 0. The van der Waals surface area contributed by atoms with E-state index in [1.165, 1.54) is 6.07 Å². The number of H-pyrrole nitrogens is 1. The third-order valence-corrected chi connectivity index (χ3v) is 1.71. The Kier molecular flexibility index (Phi) is 1.43. The fourth-order valence-corrected chi connectivity index (χ4v) is 1.15. The Morgan fingerprint density at radius 2 is 2.33 bits per heavy atom. The summed E-state index contributed by atoms with van der Waals surface area (Å²) in [5.41, 5.74) is 1.63. The first-order valence-electron chi connectivity index (χ1n) is 3.71. The van der Waals surface area contributed by atoms with Crippen molar-refractivity contribution >= 4 is 11.0 Å². The minimum atomic E-state index is -0.112. The summed E-state index contributed by atoms with van der Waals surface area (Å²) in [7, 11) is 0. The first kappa shape index (κ1) is 7.03. The van der Waals surface area contributed by atoms with E-state index in [2.05, 4.69) is 9.97 Å². The molecule has 3 heteroatoms. The van der Waals surface area contributed by atoms with Crippen molar-refractivity contribution < 1.29 is 1.43 Å². The van der Waals surface area contributed by atoms with Crippen LogP contribution in [-0.2, 0) is 0 Å². The maximum Gasteiger partial charge on any atom is 0.249 e. The van der Waals surface area contributed by atoms with Crippen LogP contribution in [0, 0.1) is 6.92 Å². The zero-order chi connectivity index (χ0) is 8.55. The van der Waals surface area contributed by atoms with Gasteiger partial charge in [-0.25, -0.2) is 4.98 Å².